The van der Waals surface area contributed by atoms with Gasteiger partial charge in [0.25, 0.3) is 0 Å². The van der Waals surface area contributed by atoms with Crippen LogP contribution in [0.4, 0.5) is 15.1 Å². The number of aryl methyl sites for hydroxylation is 1. The summed E-state index contributed by atoms with van der Waals surface area (Å²) >= 11 is 0. The summed E-state index contributed by atoms with van der Waals surface area (Å²) in [5.74, 6) is 0.951. The van der Waals surface area contributed by atoms with Gasteiger partial charge in [0.1, 0.15) is 17.2 Å². The Balaban J connectivity index is 1.41. The Labute approximate surface area is 193 Å². The van der Waals surface area contributed by atoms with Crippen molar-refractivity contribution in [1.82, 2.24) is 14.9 Å². The van der Waals surface area contributed by atoms with Gasteiger partial charge in [-0.15, -0.1) is 0 Å². The maximum atomic E-state index is 13.5. The van der Waals surface area contributed by atoms with E-state index < -0.39 is 11.2 Å². The minimum atomic E-state index is -0.528. The van der Waals surface area contributed by atoms with Crippen molar-refractivity contribution in [2.45, 2.75) is 51.7 Å². The molecule has 33 heavy (non-hydrogen) atoms. The van der Waals surface area contributed by atoms with Gasteiger partial charge in [-0.1, -0.05) is 6.07 Å². The molecule has 2 fully saturated rings. The third-order valence-electron chi connectivity index (χ3n) is 5.70. The van der Waals surface area contributed by atoms with Gasteiger partial charge in [0.2, 0.25) is 11.8 Å². The summed E-state index contributed by atoms with van der Waals surface area (Å²) in [6.45, 7) is 10.4. The van der Waals surface area contributed by atoms with E-state index in [2.05, 4.69) is 14.9 Å². The van der Waals surface area contributed by atoms with Gasteiger partial charge < -0.3 is 24.0 Å². The van der Waals surface area contributed by atoms with Crippen LogP contribution in [-0.4, -0.2) is 64.9 Å². The summed E-state index contributed by atoms with van der Waals surface area (Å²) < 4.78 is 31.0. The van der Waals surface area contributed by atoms with E-state index in [1.807, 2.05) is 27.7 Å². The summed E-state index contributed by atoms with van der Waals surface area (Å²) in [6, 6.07) is 7.68. The summed E-state index contributed by atoms with van der Waals surface area (Å²) in [4.78, 5) is 25.5. The third kappa shape index (κ3) is 5.90. The van der Waals surface area contributed by atoms with Gasteiger partial charge >= 0.3 is 6.09 Å². The number of aromatic nitrogens is 2. The number of rotatable bonds is 3. The number of carbonyl (C=O) groups excluding carboxylic acids is 1. The third-order valence-corrected chi connectivity index (χ3v) is 5.70. The molecule has 0 atom stereocenters. The van der Waals surface area contributed by atoms with Crippen molar-refractivity contribution < 1.29 is 23.4 Å². The standard InChI is InChI=1S/C24H31FN4O4/c1-17-14-20(32-19-7-5-6-18(25)15-19)27-21(26-17)28-10-8-24(9-11-28)16-29(12-13-31-24)22(30)33-23(2,3)4/h5-7,14-15H,8-13,16H2,1-4H3. The minimum Gasteiger partial charge on any atom is -0.444 e. The number of hydrogen-bond donors (Lipinski definition) is 0. The Bertz CT molecular complexity index is 1000. The molecule has 1 amide bonds. The second-order valence-corrected chi connectivity index (χ2v) is 9.63. The lowest BCUT2D eigenvalue weighted by Gasteiger charge is -2.47. The first kappa shape index (κ1) is 23.2. The largest absolute Gasteiger partial charge is 0.444 e. The van der Waals surface area contributed by atoms with E-state index in [1.54, 1.807) is 23.1 Å². The first-order valence-electron chi connectivity index (χ1n) is 11.3. The van der Waals surface area contributed by atoms with Crippen LogP contribution in [0.5, 0.6) is 11.6 Å². The zero-order valence-corrected chi connectivity index (χ0v) is 19.6. The Morgan fingerprint density at radius 3 is 2.61 bits per heavy atom. The number of piperidine rings is 1. The number of amides is 1. The summed E-state index contributed by atoms with van der Waals surface area (Å²) in [5.41, 5.74) is -0.160. The van der Waals surface area contributed by atoms with E-state index in [4.69, 9.17) is 14.2 Å². The van der Waals surface area contributed by atoms with Crippen molar-refractivity contribution in [3.8, 4) is 11.6 Å². The minimum absolute atomic E-state index is 0.297. The van der Waals surface area contributed by atoms with Crippen molar-refractivity contribution in [2.24, 2.45) is 0 Å². The highest BCUT2D eigenvalue weighted by Crippen LogP contribution is 2.33. The Morgan fingerprint density at radius 2 is 1.91 bits per heavy atom. The number of ether oxygens (including phenoxy) is 3. The molecule has 0 unspecified atom stereocenters. The summed E-state index contributed by atoms with van der Waals surface area (Å²) in [7, 11) is 0. The second kappa shape index (κ2) is 9.13. The maximum absolute atomic E-state index is 13.5. The van der Waals surface area contributed by atoms with Crippen LogP contribution in [0.25, 0.3) is 0 Å². The molecule has 1 aromatic heterocycles. The van der Waals surface area contributed by atoms with Crippen molar-refractivity contribution in [3.05, 3.63) is 41.8 Å². The molecule has 0 aliphatic carbocycles. The molecule has 8 nitrogen and oxygen atoms in total. The fourth-order valence-electron chi connectivity index (χ4n) is 4.11. The molecule has 2 aliphatic heterocycles. The lowest BCUT2D eigenvalue weighted by atomic mass is 9.89. The molecule has 2 aliphatic rings. The smallest absolute Gasteiger partial charge is 0.410 e. The monoisotopic (exact) mass is 458 g/mol. The number of nitrogens with zero attached hydrogens (tertiary/aromatic N) is 4. The van der Waals surface area contributed by atoms with Crippen LogP contribution in [0.15, 0.2) is 30.3 Å². The van der Waals surface area contributed by atoms with Crippen LogP contribution in [0.1, 0.15) is 39.3 Å². The van der Waals surface area contributed by atoms with E-state index in [0.29, 0.717) is 50.4 Å². The Hall–Kier alpha value is -2.94. The topological polar surface area (TPSA) is 77.0 Å². The number of benzene rings is 1. The molecular formula is C24H31FN4O4. The van der Waals surface area contributed by atoms with E-state index in [1.165, 1.54) is 12.1 Å². The summed E-state index contributed by atoms with van der Waals surface area (Å²) in [6.07, 6.45) is 1.18. The molecule has 0 N–H and O–H groups in total. The van der Waals surface area contributed by atoms with Gasteiger partial charge in [-0.05, 0) is 52.7 Å². The fourth-order valence-corrected chi connectivity index (χ4v) is 4.11. The lowest BCUT2D eigenvalue weighted by Crippen LogP contribution is -2.58. The predicted molar refractivity (Wildman–Crippen MR) is 121 cm³/mol. The average molecular weight is 459 g/mol. The van der Waals surface area contributed by atoms with E-state index in [-0.39, 0.29) is 11.9 Å². The highest BCUT2D eigenvalue weighted by molar-refractivity contribution is 5.68. The van der Waals surface area contributed by atoms with Gasteiger partial charge in [-0.3, -0.25) is 0 Å². The van der Waals surface area contributed by atoms with Crippen molar-refractivity contribution in [1.29, 1.82) is 0 Å². The second-order valence-electron chi connectivity index (χ2n) is 9.63. The number of anilines is 1. The van der Waals surface area contributed by atoms with Crippen LogP contribution in [0, 0.1) is 12.7 Å². The van der Waals surface area contributed by atoms with Crippen molar-refractivity contribution in [3.63, 3.8) is 0 Å². The zero-order valence-electron chi connectivity index (χ0n) is 19.6. The Morgan fingerprint density at radius 1 is 1.15 bits per heavy atom. The molecule has 0 radical (unpaired) electrons. The average Bonchev–Trinajstić information content (AvgIpc) is 2.73. The molecular weight excluding hydrogens is 427 g/mol. The first-order chi connectivity index (χ1) is 15.6. The predicted octanol–water partition coefficient (Wildman–Crippen LogP) is 4.32. The number of hydrogen-bond acceptors (Lipinski definition) is 7. The molecule has 1 aromatic carbocycles. The number of carbonyl (C=O) groups is 1. The van der Waals surface area contributed by atoms with Gasteiger partial charge in [-0.25, -0.2) is 14.2 Å². The normalized spacial score (nSPS) is 18.3. The molecule has 3 heterocycles. The van der Waals surface area contributed by atoms with Crippen LogP contribution in [0.2, 0.25) is 0 Å². The number of morpholine rings is 1. The van der Waals surface area contributed by atoms with Gasteiger partial charge in [0.15, 0.2) is 0 Å². The molecule has 0 bridgehead atoms. The van der Waals surface area contributed by atoms with Gasteiger partial charge in [0, 0.05) is 37.5 Å². The summed E-state index contributed by atoms with van der Waals surface area (Å²) in [5, 5.41) is 0. The van der Waals surface area contributed by atoms with E-state index in [9.17, 15) is 9.18 Å². The molecule has 2 aromatic rings. The van der Waals surface area contributed by atoms with Crippen LogP contribution < -0.4 is 9.64 Å². The molecule has 2 saturated heterocycles. The van der Waals surface area contributed by atoms with Crippen molar-refractivity contribution in [2.75, 3.05) is 37.7 Å². The molecule has 1 spiro atoms. The molecule has 9 heteroatoms. The van der Waals surface area contributed by atoms with Crippen LogP contribution >= 0.6 is 0 Å². The highest BCUT2D eigenvalue weighted by atomic mass is 19.1. The van der Waals surface area contributed by atoms with Crippen molar-refractivity contribution >= 4 is 12.0 Å². The SMILES string of the molecule is Cc1cc(Oc2cccc(F)c2)nc(N2CCC3(CC2)CN(C(=O)OC(C)(C)C)CCO3)n1. The molecule has 0 saturated carbocycles. The molecule has 4 rings (SSSR count). The first-order valence-corrected chi connectivity index (χ1v) is 11.3. The number of halogens is 1. The Kier molecular flexibility index (Phi) is 6.43. The van der Waals surface area contributed by atoms with Crippen LogP contribution in [-0.2, 0) is 9.47 Å². The molecule has 178 valence electrons. The van der Waals surface area contributed by atoms with E-state index in [0.717, 1.165) is 18.5 Å². The maximum Gasteiger partial charge on any atom is 0.410 e. The quantitative estimate of drug-likeness (QED) is 0.678. The fraction of sp³-hybridized carbons (Fsp3) is 0.542. The van der Waals surface area contributed by atoms with Gasteiger partial charge in [0.05, 0.1) is 18.8 Å². The zero-order chi connectivity index (χ0) is 23.6. The van der Waals surface area contributed by atoms with Gasteiger partial charge in [-0.2, -0.15) is 4.98 Å². The lowest BCUT2D eigenvalue weighted by molar-refractivity contribution is -0.119. The highest BCUT2D eigenvalue weighted by Gasteiger charge is 2.42. The van der Waals surface area contributed by atoms with Crippen LogP contribution in [0.3, 0.4) is 0 Å². The van der Waals surface area contributed by atoms with E-state index >= 15 is 0 Å².